The lowest BCUT2D eigenvalue weighted by molar-refractivity contribution is -0.133. The van der Waals surface area contributed by atoms with Crippen LogP contribution in [-0.2, 0) is 14.0 Å². The third-order valence-corrected chi connectivity index (χ3v) is 12.3. The fourth-order valence-electron chi connectivity index (χ4n) is 5.11. The Hall–Kier alpha value is -1.81. The van der Waals surface area contributed by atoms with Crippen LogP contribution < -0.4 is 0 Å². The highest BCUT2D eigenvalue weighted by Gasteiger charge is 2.63. The SMILES string of the molecule is C=C1C[C@]2([C@@H](O)CC#CC(=O)OC)C[C@@]1(O[Si](C)(C)C(C)(C)C)CC[C@H]2c1ccco1. The van der Waals surface area contributed by atoms with E-state index in [4.69, 9.17) is 8.84 Å². The van der Waals surface area contributed by atoms with E-state index in [1.807, 2.05) is 12.1 Å². The maximum absolute atomic E-state index is 11.4. The summed E-state index contributed by atoms with van der Waals surface area (Å²) in [6, 6.07) is 3.88. The molecule has 0 aliphatic heterocycles. The van der Waals surface area contributed by atoms with Crippen LogP contribution in [0.1, 0.15) is 64.6 Å². The molecule has 4 atom stereocenters. The molecule has 2 fully saturated rings. The van der Waals surface area contributed by atoms with Gasteiger partial charge >= 0.3 is 5.97 Å². The molecular formula is C25H36O5Si. The fraction of sp³-hybridized carbons (Fsp3) is 0.640. The van der Waals surface area contributed by atoms with Gasteiger partial charge in [-0.2, -0.15) is 0 Å². The third kappa shape index (κ3) is 4.28. The van der Waals surface area contributed by atoms with Gasteiger partial charge in [0.25, 0.3) is 0 Å². The van der Waals surface area contributed by atoms with Gasteiger partial charge in [-0.25, -0.2) is 4.79 Å². The van der Waals surface area contributed by atoms with Crippen LogP contribution in [0.5, 0.6) is 0 Å². The van der Waals surface area contributed by atoms with Gasteiger partial charge in [0.1, 0.15) is 5.76 Å². The molecule has 5 nitrogen and oxygen atoms in total. The first-order valence-corrected chi connectivity index (χ1v) is 13.9. The molecule has 170 valence electrons. The van der Waals surface area contributed by atoms with Crippen LogP contribution in [0.3, 0.4) is 0 Å². The van der Waals surface area contributed by atoms with Gasteiger partial charge in [0.2, 0.25) is 0 Å². The van der Waals surface area contributed by atoms with Crippen molar-refractivity contribution in [2.24, 2.45) is 5.41 Å². The monoisotopic (exact) mass is 444 g/mol. The maximum atomic E-state index is 11.4. The standard InChI is InChI=1S/C25H36O5Si/c1-18-16-24(21(26)11-8-12-22(27)28-5)17-25(18,30-31(6,7)23(2,3)4)14-13-19(24)20-10-9-15-29-20/h9-10,15,19,21,26H,1,11,13-14,16-17H2,2-7H3/t19-,21-,24-,25-/m0/s1. The Morgan fingerprint density at radius 3 is 2.74 bits per heavy atom. The van der Waals surface area contributed by atoms with Gasteiger partial charge in [0, 0.05) is 23.7 Å². The number of carbonyl (C=O) groups is 1. The molecule has 0 amide bonds. The summed E-state index contributed by atoms with van der Waals surface area (Å²) in [5.41, 5.74) is 0.148. The Morgan fingerprint density at radius 1 is 1.45 bits per heavy atom. The zero-order chi connectivity index (χ0) is 23.1. The predicted octanol–water partition coefficient (Wildman–Crippen LogP) is 5.18. The average Bonchev–Trinajstić information content (AvgIpc) is 3.27. The van der Waals surface area contributed by atoms with Gasteiger partial charge in [-0.15, -0.1) is 0 Å². The number of esters is 1. The molecule has 2 bridgehead atoms. The summed E-state index contributed by atoms with van der Waals surface area (Å²) in [4.78, 5) is 11.4. The van der Waals surface area contributed by atoms with Crippen molar-refractivity contribution in [3.05, 3.63) is 36.3 Å². The van der Waals surface area contributed by atoms with Gasteiger partial charge < -0.3 is 18.7 Å². The lowest BCUT2D eigenvalue weighted by Crippen LogP contribution is -2.52. The highest BCUT2D eigenvalue weighted by Crippen LogP contribution is 2.65. The van der Waals surface area contributed by atoms with E-state index in [9.17, 15) is 9.90 Å². The zero-order valence-corrected chi connectivity index (χ0v) is 20.7. The summed E-state index contributed by atoms with van der Waals surface area (Å²) < 4.78 is 17.4. The van der Waals surface area contributed by atoms with Crippen molar-refractivity contribution < 1.29 is 23.5 Å². The van der Waals surface area contributed by atoms with E-state index in [1.165, 1.54) is 7.11 Å². The molecule has 2 aliphatic rings. The second-order valence-electron chi connectivity index (χ2n) is 10.7. The number of ether oxygens (including phenoxy) is 1. The number of carbonyl (C=O) groups excluding carboxylic acids is 1. The van der Waals surface area contributed by atoms with Gasteiger partial charge in [0.15, 0.2) is 8.32 Å². The predicted molar refractivity (Wildman–Crippen MR) is 123 cm³/mol. The molecule has 0 unspecified atom stereocenters. The van der Waals surface area contributed by atoms with Gasteiger partial charge in [-0.05, 0) is 61.5 Å². The Balaban J connectivity index is 1.97. The number of rotatable bonds is 5. The number of furan rings is 1. The number of hydrogen-bond acceptors (Lipinski definition) is 5. The highest BCUT2D eigenvalue weighted by atomic mass is 28.4. The van der Waals surface area contributed by atoms with Crippen molar-refractivity contribution in [2.45, 2.75) is 88.6 Å². The second-order valence-corrected chi connectivity index (χ2v) is 15.4. The smallest absolute Gasteiger partial charge is 0.384 e. The normalized spacial score (nSPS) is 29.3. The van der Waals surface area contributed by atoms with Crippen LogP contribution in [0, 0.1) is 17.3 Å². The lowest BCUT2D eigenvalue weighted by atomic mass is 9.62. The van der Waals surface area contributed by atoms with E-state index in [-0.39, 0.29) is 17.4 Å². The fourth-order valence-corrected chi connectivity index (χ4v) is 6.71. The highest BCUT2D eigenvalue weighted by molar-refractivity contribution is 6.74. The molecule has 0 radical (unpaired) electrons. The summed E-state index contributed by atoms with van der Waals surface area (Å²) >= 11 is 0. The number of hydrogen-bond donors (Lipinski definition) is 1. The van der Waals surface area contributed by atoms with Crippen LogP contribution in [0.15, 0.2) is 35.0 Å². The molecule has 2 saturated carbocycles. The van der Waals surface area contributed by atoms with Crippen LogP contribution in [0.2, 0.25) is 18.1 Å². The molecule has 1 aromatic rings. The Labute approximate surface area is 187 Å². The summed E-state index contributed by atoms with van der Waals surface area (Å²) in [5, 5.41) is 11.5. The maximum Gasteiger partial charge on any atom is 0.384 e. The van der Waals surface area contributed by atoms with Gasteiger partial charge in [0.05, 0.1) is 25.1 Å². The molecule has 6 heteroatoms. The molecule has 31 heavy (non-hydrogen) atoms. The van der Waals surface area contributed by atoms with E-state index in [0.717, 1.165) is 24.2 Å². The molecule has 1 N–H and O–H groups in total. The minimum atomic E-state index is -2.06. The summed E-state index contributed by atoms with van der Waals surface area (Å²) in [6.07, 6.45) is 4.21. The molecule has 0 saturated heterocycles. The van der Waals surface area contributed by atoms with Gasteiger partial charge in [-0.1, -0.05) is 33.3 Å². The molecule has 1 aromatic heterocycles. The minimum absolute atomic E-state index is 0.0489. The van der Waals surface area contributed by atoms with Crippen molar-refractivity contribution in [3.8, 4) is 11.8 Å². The first-order chi connectivity index (χ1) is 14.4. The molecular weight excluding hydrogens is 408 g/mol. The number of aliphatic hydroxyl groups excluding tert-OH is 1. The van der Waals surface area contributed by atoms with Crippen molar-refractivity contribution in [1.82, 2.24) is 0 Å². The molecule has 3 rings (SSSR count). The molecule has 1 heterocycles. The largest absolute Gasteiger partial charge is 0.469 e. The Morgan fingerprint density at radius 2 is 2.16 bits per heavy atom. The average molecular weight is 445 g/mol. The quantitative estimate of drug-likeness (QED) is 0.223. The molecule has 0 spiro atoms. The first-order valence-electron chi connectivity index (χ1n) is 11.0. The van der Waals surface area contributed by atoms with E-state index >= 15 is 0 Å². The number of aliphatic hydroxyl groups is 1. The minimum Gasteiger partial charge on any atom is -0.469 e. The van der Waals surface area contributed by atoms with E-state index < -0.39 is 31.4 Å². The van der Waals surface area contributed by atoms with Crippen LogP contribution in [-0.4, -0.2) is 38.2 Å². The third-order valence-electron chi connectivity index (χ3n) is 7.81. The van der Waals surface area contributed by atoms with Crippen LogP contribution in [0.4, 0.5) is 0 Å². The first kappa shape index (κ1) is 23.8. The topological polar surface area (TPSA) is 68.9 Å². The van der Waals surface area contributed by atoms with E-state index in [2.05, 4.69) is 57.0 Å². The molecule has 0 aromatic carbocycles. The number of fused-ring (bicyclic) bond motifs is 2. The van der Waals surface area contributed by atoms with E-state index in [0.29, 0.717) is 12.8 Å². The zero-order valence-electron chi connectivity index (χ0n) is 19.7. The van der Waals surface area contributed by atoms with Crippen molar-refractivity contribution in [3.63, 3.8) is 0 Å². The van der Waals surface area contributed by atoms with Crippen molar-refractivity contribution >= 4 is 14.3 Å². The summed E-state index contributed by atoms with van der Waals surface area (Å²) in [6.45, 7) is 15.7. The Kier molecular flexibility index (Phi) is 6.36. The van der Waals surface area contributed by atoms with Crippen LogP contribution in [0.25, 0.3) is 0 Å². The van der Waals surface area contributed by atoms with Gasteiger partial charge in [-0.3, -0.25) is 0 Å². The lowest BCUT2D eigenvalue weighted by Gasteiger charge is -2.50. The van der Waals surface area contributed by atoms with Crippen molar-refractivity contribution in [2.75, 3.05) is 7.11 Å². The second kappa shape index (κ2) is 8.27. The van der Waals surface area contributed by atoms with Crippen molar-refractivity contribution in [1.29, 1.82) is 0 Å². The van der Waals surface area contributed by atoms with Crippen LogP contribution >= 0.6 is 0 Å². The van der Waals surface area contributed by atoms with E-state index in [1.54, 1.807) is 6.26 Å². The number of methoxy groups -OCH3 is 1. The Bertz CT molecular complexity index is 885. The summed E-state index contributed by atoms with van der Waals surface area (Å²) in [5.74, 6) is 5.59. The summed E-state index contributed by atoms with van der Waals surface area (Å²) in [7, 11) is -0.758. The molecule has 2 aliphatic carbocycles.